The molecule has 1 aliphatic rings. The molecule has 0 saturated heterocycles. The average Bonchev–Trinajstić information content (AvgIpc) is 3.47. The van der Waals surface area contributed by atoms with Crippen LogP contribution in [0.1, 0.15) is 32.1 Å². The number of nitro groups is 1. The summed E-state index contributed by atoms with van der Waals surface area (Å²) in [6.07, 6.45) is 9.46. The summed E-state index contributed by atoms with van der Waals surface area (Å²) in [5, 5.41) is 20.3. The number of para-hydroxylation sites is 1. The Bertz CT molecular complexity index is 1480. The summed E-state index contributed by atoms with van der Waals surface area (Å²) < 4.78 is 3.79. The molecule has 170 valence electrons. The first kappa shape index (κ1) is 20.3. The molecule has 0 unspecified atom stereocenters. The van der Waals surface area contributed by atoms with Crippen molar-refractivity contribution in [2.24, 2.45) is 0 Å². The van der Waals surface area contributed by atoms with E-state index in [0.717, 1.165) is 52.3 Å². The third kappa shape index (κ3) is 3.45. The number of anilines is 1. The molecule has 0 bridgehead atoms. The van der Waals surface area contributed by atoms with Gasteiger partial charge in [-0.1, -0.05) is 37.5 Å². The number of nitrogens with zero attached hydrogens (tertiary/aromatic N) is 6. The van der Waals surface area contributed by atoms with Crippen LogP contribution < -0.4 is 5.32 Å². The van der Waals surface area contributed by atoms with Gasteiger partial charge in [0.1, 0.15) is 17.8 Å². The molecule has 0 aliphatic heterocycles. The molecule has 9 heteroatoms. The third-order valence-corrected chi connectivity index (χ3v) is 6.49. The smallest absolute Gasteiger partial charge is 0.269 e. The molecule has 3 aromatic heterocycles. The maximum absolute atomic E-state index is 11.1. The van der Waals surface area contributed by atoms with Crippen LogP contribution >= 0.6 is 0 Å². The second-order valence-electron chi connectivity index (χ2n) is 8.66. The summed E-state index contributed by atoms with van der Waals surface area (Å²) in [5.41, 5.74) is 4.03. The number of rotatable bonds is 5. The van der Waals surface area contributed by atoms with E-state index in [1.165, 1.54) is 31.4 Å². The Morgan fingerprint density at radius 3 is 2.47 bits per heavy atom. The van der Waals surface area contributed by atoms with Crippen LogP contribution in [0.2, 0.25) is 0 Å². The van der Waals surface area contributed by atoms with Crippen LogP contribution in [0.15, 0.2) is 67.1 Å². The second kappa shape index (κ2) is 8.26. The van der Waals surface area contributed by atoms with E-state index in [4.69, 9.17) is 9.97 Å². The molecule has 1 fully saturated rings. The monoisotopic (exact) mass is 453 g/mol. The maximum Gasteiger partial charge on any atom is 0.269 e. The number of imidazole rings is 1. The first-order valence-corrected chi connectivity index (χ1v) is 11.5. The van der Waals surface area contributed by atoms with E-state index >= 15 is 0 Å². The molecule has 9 nitrogen and oxygen atoms in total. The van der Waals surface area contributed by atoms with Gasteiger partial charge in [-0.2, -0.15) is 5.10 Å². The number of hydrogen-bond donors (Lipinski definition) is 1. The molecule has 0 radical (unpaired) electrons. The van der Waals surface area contributed by atoms with Gasteiger partial charge in [0.2, 0.25) is 0 Å². The van der Waals surface area contributed by atoms with E-state index in [1.807, 2.05) is 39.4 Å². The van der Waals surface area contributed by atoms with Crippen LogP contribution in [0.3, 0.4) is 0 Å². The van der Waals surface area contributed by atoms with Crippen molar-refractivity contribution < 1.29 is 4.92 Å². The quantitative estimate of drug-likeness (QED) is 0.283. The molecular formula is C25H23N7O2. The van der Waals surface area contributed by atoms with Crippen LogP contribution in [0.5, 0.6) is 0 Å². The largest absolute Gasteiger partial charge is 0.367 e. The molecule has 3 heterocycles. The third-order valence-electron chi connectivity index (χ3n) is 6.49. The Balaban J connectivity index is 1.52. The van der Waals surface area contributed by atoms with Crippen LogP contribution in [0, 0.1) is 10.1 Å². The molecule has 1 aliphatic carbocycles. The minimum atomic E-state index is -0.389. The zero-order valence-corrected chi connectivity index (χ0v) is 18.5. The molecule has 0 spiro atoms. The highest BCUT2D eigenvalue weighted by atomic mass is 16.6. The number of nitro benzene ring substituents is 1. The van der Waals surface area contributed by atoms with Gasteiger partial charge >= 0.3 is 0 Å². The van der Waals surface area contributed by atoms with Crippen molar-refractivity contribution in [2.75, 3.05) is 5.32 Å². The van der Waals surface area contributed by atoms with Crippen molar-refractivity contribution in [3.8, 4) is 16.9 Å². The molecule has 0 amide bonds. The highest BCUT2D eigenvalue weighted by molar-refractivity contribution is 5.93. The first-order valence-electron chi connectivity index (χ1n) is 11.5. The number of benzene rings is 2. The molecule has 1 saturated carbocycles. The molecule has 0 atom stereocenters. The molecule has 6 rings (SSSR count). The fraction of sp³-hybridized carbons (Fsp3) is 0.240. The number of nitrogens with one attached hydrogen (secondary N) is 1. The minimum absolute atomic E-state index is 0.0579. The van der Waals surface area contributed by atoms with Crippen molar-refractivity contribution in [3.63, 3.8) is 0 Å². The number of fused-ring (bicyclic) bond motifs is 3. The van der Waals surface area contributed by atoms with Gasteiger partial charge in [0.25, 0.3) is 5.69 Å². The molecule has 1 N–H and O–H groups in total. The van der Waals surface area contributed by atoms with Gasteiger partial charge in [-0.25, -0.2) is 14.6 Å². The SMILES string of the molecule is O=[N+]([O-])c1ccc(-c2nc3c4cnn(-c5ccccc5)c4ncn3c2NC2CCCCC2)cc1. The van der Waals surface area contributed by atoms with E-state index in [0.29, 0.717) is 6.04 Å². The first-order chi connectivity index (χ1) is 16.7. The highest BCUT2D eigenvalue weighted by Crippen LogP contribution is 2.34. The standard InChI is InChI=1S/C25H23N7O2/c33-32(34)20-13-11-17(12-14-20)22-25(28-18-7-3-1-4-8-18)30-16-26-23-21(24(30)29-22)15-27-31(23)19-9-5-2-6-10-19/h2,5-6,9-16,18,28H,1,3-4,7-8H2. The average molecular weight is 454 g/mol. The summed E-state index contributed by atoms with van der Waals surface area (Å²) in [6, 6.07) is 16.8. The topological polar surface area (TPSA) is 103 Å². The number of hydrogen-bond acceptors (Lipinski definition) is 6. The summed E-state index contributed by atoms with van der Waals surface area (Å²) in [7, 11) is 0. The van der Waals surface area contributed by atoms with Crippen LogP contribution in [0.4, 0.5) is 11.5 Å². The lowest BCUT2D eigenvalue weighted by Gasteiger charge is -2.24. The van der Waals surface area contributed by atoms with Gasteiger partial charge in [-0.05, 0) is 37.1 Å². The van der Waals surface area contributed by atoms with Crippen molar-refractivity contribution in [2.45, 2.75) is 38.1 Å². The molecule has 2 aromatic carbocycles. The van der Waals surface area contributed by atoms with Crippen LogP contribution in [-0.2, 0) is 0 Å². The van der Waals surface area contributed by atoms with E-state index in [2.05, 4.69) is 10.4 Å². The van der Waals surface area contributed by atoms with Gasteiger partial charge in [0.05, 0.1) is 22.2 Å². The Morgan fingerprint density at radius 1 is 0.971 bits per heavy atom. The number of non-ortho nitro benzene ring substituents is 1. The Morgan fingerprint density at radius 2 is 1.74 bits per heavy atom. The van der Waals surface area contributed by atoms with Gasteiger partial charge in [0.15, 0.2) is 11.3 Å². The highest BCUT2D eigenvalue weighted by Gasteiger charge is 2.22. The molecular weight excluding hydrogens is 430 g/mol. The summed E-state index contributed by atoms with van der Waals surface area (Å²) in [6.45, 7) is 0. The fourth-order valence-electron chi connectivity index (χ4n) is 4.75. The van der Waals surface area contributed by atoms with Crippen LogP contribution in [-0.4, -0.2) is 35.1 Å². The van der Waals surface area contributed by atoms with Crippen molar-refractivity contribution >= 4 is 28.2 Å². The van der Waals surface area contributed by atoms with Gasteiger partial charge in [0, 0.05) is 23.7 Å². The maximum atomic E-state index is 11.1. The Kier molecular flexibility index (Phi) is 4.94. The van der Waals surface area contributed by atoms with Crippen LogP contribution in [0.25, 0.3) is 33.6 Å². The Labute approximate surface area is 195 Å². The summed E-state index contributed by atoms with van der Waals surface area (Å²) in [5.74, 6) is 0.859. The van der Waals surface area contributed by atoms with E-state index < -0.39 is 0 Å². The fourth-order valence-corrected chi connectivity index (χ4v) is 4.75. The summed E-state index contributed by atoms with van der Waals surface area (Å²) >= 11 is 0. The van der Waals surface area contributed by atoms with Gasteiger partial charge in [-0.3, -0.25) is 14.5 Å². The zero-order chi connectivity index (χ0) is 23.1. The molecule has 34 heavy (non-hydrogen) atoms. The lowest BCUT2D eigenvalue weighted by molar-refractivity contribution is -0.384. The van der Waals surface area contributed by atoms with E-state index in [1.54, 1.807) is 24.7 Å². The Hall–Kier alpha value is -4.27. The number of aromatic nitrogens is 5. The van der Waals surface area contributed by atoms with Crippen molar-refractivity contribution in [1.29, 1.82) is 0 Å². The normalized spacial score (nSPS) is 14.6. The molecule has 5 aromatic rings. The van der Waals surface area contributed by atoms with E-state index in [-0.39, 0.29) is 10.6 Å². The van der Waals surface area contributed by atoms with Crippen molar-refractivity contribution in [3.05, 3.63) is 77.2 Å². The predicted octanol–water partition coefficient (Wildman–Crippen LogP) is 5.39. The predicted molar refractivity (Wildman–Crippen MR) is 130 cm³/mol. The van der Waals surface area contributed by atoms with Gasteiger partial charge < -0.3 is 5.32 Å². The summed E-state index contributed by atoms with van der Waals surface area (Å²) in [4.78, 5) is 20.5. The minimum Gasteiger partial charge on any atom is -0.367 e. The van der Waals surface area contributed by atoms with E-state index in [9.17, 15) is 10.1 Å². The second-order valence-corrected chi connectivity index (χ2v) is 8.66. The van der Waals surface area contributed by atoms with Gasteiger partial charge in [-0.15, -0.1) is 0 Å². The zero-order valence-electron chi connectivity index (χ0n) is 18.5. The lowest BCUT2D eigenvalue weighted by Crippen LogP contribution is -2.23. The van der Waals surface area contributed by atoms with Crippen molar-refractivity contribution in [1.82, 2.24) is 24.1 Å². The lowest BCUT2D eigenvalue weighted by atomic mass is 9.95.